The molecule has 1 aromatic carbocycles. The Kier molecular flexibility index (Phi) is 4.22. The molecule has 0 aromatic heterocycles. The molecule has 2 aliphatic heterocycles. The average Bonchev–Trinajstić information content (AvgIpc) is 3.05. The Bertz CT molecular complexity index is 797. The largest absolute Gasteiger partial charge is 0.492 e. The zero-order chi connectivity index (χ0) is 19.3. The Morgan fingerprint density at radius 3 is 2.78 bits per heavy atom. The van der Waals surface area contributed by atoms with Gasteiger partial charge in [-0.3, -0.25) is 4.90 Å². The van der Waals surface area contributed by atoms with Gasteiger partial charge in [-0.15, -0.1) is 0 Å². The molecule has 1 aromatic rings. The van der Waals surface area contributed by atoms with E-state index >= 15 is 0 Å². The molecule has 0 radical (unpaired) electrons. The Balaban J connectivity index is 1.81. The van der Waals surface area contributed by atoms with Gasteiger partial charge in [0.2, 0.25) is 12.5 Å². The molecule has 0 saturated carbocycles. The lowest BCUT2D eigenvalue weighted by atomic mass is 9.76. The number of amides is 1. The lowest BCUT2D eigenvalue weighted by molar-refractivity contribution is 0.0102. The Morgan fingerprint density at radius 2 is 2.07 bits per heavy atom. The summed E-state index contributed by atoms with van der Waals surface area (Å²) in [4.78, 5) is 14.6. The molecule has 3 atom stereocenters. The molecule has 0 fully saturated rings. The Hall–Kier alpha value is -2.41. The van der Waals surface area contributed by atoms with Crippen LogP contribution in [0.4, 0.5) is 4.79 Å². The lowest BCUT2D eigenvalue weighted by Crippen LogP contribution is -2.49. The summed E-state index contributed by atoms with van der Waals surface area (Å²) in [6.07, 6.45) is 3.20. The van der Waals surface area contributed by atoms with Gasteiger partial charge >= 0.3 is 6.09 Å². The molecule has 0 saturated heterocycles. The van der Waals surface area contributed by atoms with E-state index in [0.717, 1.165) is 11.1 Å². The standard InChI is InChI=1S/C20H25NO6/c1-20(2,3)27-19(23)21-9-14-12(13-7-11(22)5-6-15(13)21)8-16-18(17(14)24-4)26-10-25-16/h5-6,8,11,13,15,22H,7,9-10H2,1-4H3/t11-,13+,15-/m0/s1. The minimum Gasteiger partial charge on any atom is -0.492 e. The minimum atomic E-state index is -0.594. The van der Waals surface area contributed by atoms with E-state index < -0.39 is 11.7 Å². The molecule has 27 heavy (non-hydrogen) atoms. The van der Waals surface area contributed by atoms with Crippen LogP contribution in [-0.2, 0) is 11.3 Å². The fourth-order valence-corrected chi connectivity index (χ4v) is 4.05. The average molecular weight is 375 g/mol. The number of nitrogens with zero attached hydrogens (tertiary/aromatic N) is 1. The summed E-state index contributed by atoms with van der Waals surface area (Å²) >= 11 is 0. The van der Waals surface area contributed by atoms with Gasteiger partial charge < -0.3 is 24.1 Å². The first kappa shape index (κ1) is 18.0. The molecule has 1 aliphatic carbocycles. The van der Waals surface area contributed by atoms with Gasteiger partial charge in [-0.1, -0.05) is 12.2 Å². The summed E-state index contributed by atoms with van der Waals surface area (Å²) in [5.41, 5.74) is 1.30. The van der Waals surface area contributed by atoms with Gasteiger partial charge in [0.1, 0.15) is 5.60 Å². The maximum Gasteiger partial charge on any atom is 0.411 e. The van der Waals surface area contributed by atoms with E-state index in [9.17, 15) is 9.90 Å². The maximum atomic E-state index is 12.9. The number of carbonyl (C=O) groups excluding carboxylic acids is 1. The SMILES string of the molecule is COc1c2c(cc3c1OCO3)[C@H]1C[C@@H](O)C=C[C@@H]1N(C(=O)OC(C)(C)C)C2. The minimum absolute atomic E-state index is 0.0790. The van der Waals surface area contributed by atoms with Crippen LogP contribution >= 0.6 is 0 Å². The third kappa shape index (κ3) is 3.10. The Morgan fingerprint density at radius 1 is 1.30 bits per heavy atom. The van der Waals surface area contributed by atoms with Crippen LogP contribution in [0.25, 0.3) is 0 Å². The number of hydrogen-bond acceptors (Lipinski definition) is 6. The molecule has 0 unspecified atom stereocenters. The first-order valence-corrected chi connectivity index (χ1v) is 9.14. The fraction of sp³-hybridized carbons (Fsp3) is 0.550. The van der Waals surface area contributed by atoms with Crippen molar-refractivity contribution in [3.63, 3.8) is 0 Å². The highest BCUT2D eigenvalue weighted by molar-refractivity contribution is 5.72. The summed E-state index contributed by atoms with van der Waals surface area (Å²) in [5, 5.41) is 10.2. The van der Waals surface area contributed by atoms with Crippen molar-refractivity contribution in [1.29, 1.82) is 0 Å². The smallest absolute Gasteiger partial charge is 0.411 e. The third-order valence-corrected chi connectivity index (χ3v) is 5.11. The molecule has 146 valence electrons. The lowest BCUT2D eigenvalue weighted by Gasteiger charge is -2.44. The van der Waals surface area contributed by atoms with E-state index in [1.807, 2.05) is 32.9 Å². The van der Waals surface area contributed by atoms with Gasteiger partial charge in [0.25, 0.3) is 0 Å². The van der Waals surface area contributed by atoms with Crippen molar-refractivity contribution in [3.8, 4) is 17.2 Å². The molecular formula is C20H25NO6. The molecule has 2 heterocycles. The monoisotopic (exact) mass is 375 g/mol. The molecule has 4 rings (SSSR count). The second kappa shape index (κ2) is 6.34. The van der Waals surface area contributed by atoms with Crippen molar-refractivity contribution >= 4 is 6.09 Å². The second-order valence-corrected chi connectivity index (χ2v) is 8.10. The van der Waals surface area contributed by atoms with E-state index in [2.05, 4.69) is 0 Å². The van der Waals surface area contributed by atoms with Crippen molar-refractivity contribution in [1.82, 2.24) is 4.90 Å². The van der Waals surface area contributed by atoms with Crippen LogP contribution in [0, 0.1) is 0 Å². The zero-order valence-corrected chi connectivity index (χ0v) is 16.0. The van der Waals surface area contributed by atoms with Crippen molar-refractivity contribution in [2.45, 2.75) is 57.4 Å². The number of methoxy groups -OCH3 is 1. The maximum absolute atomic E-state index is 12.9. The van der Waals surface area contributed by atoms with Gasteiger partial charge in [-0.25, -0.2) is 4.79 Å². The van der Waals surface area contributed by atoms with Gasteiger partial charge in [-0.2, -0.15) is 0 Å². The van der Waals surface area contributed by atoms with Gasteiger partial charge in [0, 0.05) is 11.5 Å². The van der Waals surface area contributed by atoms with Crippen LogP contribution in [0.15, 0.2) is 18.2 Å². The van der Waals surface area contributed by atoms with Crippen LogP contribution in [0.1, 0.15) is 44.2 Å². The number of rotatable bonds is 1. The number of aliphatic hydroxyl groups is 1. The summed E-state index contributed by atoms with van der Waals surface area (Å²) in [7, 11) is 1.58. The molecule has 3 aliphatic rings. The van der Waals surface area contributed by atoms with E-state index in [1.165, 1.54) is 0 Å². The number of ether oxygens (including phenoxy) is 4. The number of fused-ring (bicyclic) bond motifs is 4. The molecule has 7 nitrogen and oxygen atoms in total. The van der Waals surface area contributed by atoms with Crippen LogP contribution in [0.3, 0.4) is 0 Å². The van der Waals surface area contributed by atoms with Crippen molar-refractivity contribution in [3.05, 3.63) is 29.3 Å². The topological polar surface area (TPSA) is 77.5 Å². The molecule has 1 N–H and O–H groups in total. The van der Waals surface area contributed by atoms with Gasteiger partial charge in [-0.05, 0) is 38.8 Å². The second-order valence-electron chi connectivity index (χ2n) is 8.10. The van der Waals surface area contributed by atoms with Crippen molar-refractivity contribution in [2.24, 2.45) is 0 Å². The molecular weight excluding hydrogens is 350 g/mol. The van der Waals surface area contributed by atoms with E-state index in [4.69, 9.17) is 18.9 Å². The highest BCUT2D eigenvalue weighted by atomic mass is 16.7. The molecule has 7 heteroatoms. The highest BCUT2D eigenvalue weighted by Crippen LogP contribution is 2.51. The molecule has 0 bridgehead atoms. The predicted octanol–water partition coefficient (Wildman–Crippen LogP) is 2.95. The predicted molar refractivity (Wildman–Crippen MR) is 97.2 cm³/mol. The summed E-state index contributed by atoms with van der Waals surface area (Å²) in [5.74, 6) is 1.70. The number of aliphatic hydroxyl groups excluding tert-OH is 1. The first-order valence-electron chi connectivity index (χ1n) is 9.14. The Labute approximate surface area is 158 Å². The van der Waals surface area contributed by atoms with Gasteiger partial charge in [0.15, 0.2) is 11.5 Å². The first-order chi connectivity index (χ1) is 12.8. The van der Waals surface area contributed by atoms with Crippen LogP contribution < -0.4 is 14.2 Å². The summed E-state index contributed by atoms with van der Waals surface area (Å²) in [6, 6.07) is 1.76. The van der Waals surface area contributed by atoms with E-state index in [-0.39, 0.29) is 24.8 Å². The fourth-order valence-electron chi connectivity index (χ4n) is 4.05. The zero-order valence-electron chi connectivity index (χ0n) is 16.0. The van der Waals surface area contributed by atoms with Crippen molar-refractivity contribution in [2.75, 3.05) is 13.9 Å². The van der Waals surface area contributed by atoms with Gasteiger partial charge in [0.05, 0.1) is 25.8 Å². The number of carbonyl (C=O) groups is 1. The molecule has 0 spiro atoms. The normalized spacial score (nSPS) is 25.7. The van der Waals surface area contributed by atoms with Crippen LogP contribution in [0.2, 0.25) is 0 Å². The molecule has 1 amide bonds. The van der Waals surface area contributed by atoms with E-state index in [1.54, 1.807) is 18.1 Å². The van der Waals surface area contributed by atoms with Crippen LogP contribution in [0.5, 0.6) is 17.2 Å². The number of benzene rings is 1. The van der Waals surface area contributed by atoms with Crippen LogP contribution in [-0.4, -0.2) is 47.7 Å². The summed E-state index contributed by atoms with van der Waals surface area (Å²) < 4.78 is 22.4. The van der Waals surface area contributed by atoms with E-state index in [0.29, 0.717) is 30.2 Å². The number of hydrogen-bond donors (Lipinski definition) is 1. The quantitative estimate of drug-likeness (QED) is 0.761. The third-order valence-electron chi connectivity index (χ3n) is 5.11. The highest BCUT2D eigenvalue weighted by Gasteiger charge is 2.43. The van der Waals surface area contributed by atoms with Crippen molar-refractivity contribution < 1.29 is 28.8 Å². The summed E-state index contributed by atoms with van der Waals surface area (Å²) in [6.45, 7) is 6.02.